The van der Waals surface area contributed by atoms with E-state index in [0.717, 1.165) is 0 Å². The fourth-order valence-corrected chi connectivity index (χ4v) is 0.759. The van der Waals surface area contributed by atoms with Gasteiger partial charge in [-0.05, 0) is 6.42 Å². The van der Waals surface area contributed by atoms with Gasteiger partial charge >= 0.3 is 18.3 Å². The molecule has 0 aliphatic carbocycles. The van der Waals surface area contributed by atoms with E-state index in [1.54, 1.807) is 0 Å². The molecule has 0 bridgehead atoms. The molecule has 0 saturated heterocycles. The van der Waals surface area contributed by atoms with E-state index in [1.165, 1.54) is 6.92 Å². The molecule has 102 valence electrons. The summed E-state index contributed by atoms with van der Waals surface area (Å²) in [7, 11) is 0. The molecule has 0 N–H and O–H groups in total. The van der Waals surface area contributed by atoms with Crippen molar-refractivity contribution in [3.8, 4) is 0 Å². The first-order valence-electron chi connectivity index (χ1n) is 4.48. The topological polar surface area (TPSA) is 35.5 Å². The fraction of sp³-hybridized carbons (Fsp3) is 0.875. The van der Waals surface area contributed by atoms with Crippen LogP contribution in [0.25, 0.3) is 0 Å². The Bertz CT molecular complexity index is 247. The highest BCUT2D eigenvalue weighted by Crippen LogP contribution is 2.19. The zero-order valence-electron chi connectivity index (χ0n) is 8.69. The van der Waals surface area contributed by atoms with Gasteiger partial charge in [0.2, 0.25) is 0 Å². The Morgan fingerprint density at radius 3 is 2.06 bits per heavy atom. The molecule has 0 spiro atoms. The summed E-state index contributed by atoms with van der Waals surface area (Å²) in [5, 5.41) is 0. The third kappa shape index (κ3) is 7.83. The van der Waals surface area contributed by atoms with Crippen molar-refractivity contribution in [3.63, 3.8) is 0 Å². The van der Waals surface area contributed by atoms with Gasteiger partial charge in [-0.3, -0.25) is 0 Å². The molecule has 0 fully saturated rings. The van der Waals surface area contributed by atoms with Crippen LogP contribution in [-0.4, -0.2) is 37.6 Å². The highest BCUT2D eigenvalue weighted by molar-refractivity contribution is 5.75. The minimum Gasteiger partial charge on any atom is -0.453 e. The van der Waals surface area contributed by atoms with E-state index >= 15 is 0 Å². The van der Waals surface area contributed by atoms with Crippen LogP contribution in [0, 0.1) is 0 Å². The number of rotatable bonds is 5. The molecule has 0 radical (unpaired) electrons. The van der Waals surface area contributed by atoms with Gasteiger partial charge in [0.1, 0.15) is 12.7 Å². The Morgan fingerprint density at radius 1 is 1.18 bits per heavy atom. The molecule has 0 aliphatic rings. The second kappa shape index (κ2) is 6.08. The molecule has 0 heterocycles. The lowest BCUT2D eigenvalue weighted by atomic mass is 10.3. The Kier molecular flexibility index (Phi) is 5.73. The monoisotopic (exact) mass is 268 g/mol. The highest BCUT2D eigenvalue weighted by atomic mass is 19.4. The Balaban J connectivity index is 4.06. The van der Waals surface area contributed by atoms with Gasteiger partial charge in [0.15, 0.2) is 0 Å². The van der Waals surface area contributed by atoms with Crippen LogP contribution in [-0.2, 0) is 14.3 Å². The maximum absolute atomic E-state index is 11.8. The van der Waals surface area contributed by atoms with Gasteiger partial charge in [0.25, 0.3) is 0 Å². The molecule has 0 saturated carbocycles. The number of ether oxygens (including phenoxy) is 2. The van der Waals surface area contributed by atoms with Crippen molar-refractivity contribution < 1.29 is 40.6 Å². The average Bonchev–Trinajstić information content (AvgIpc) is 2.12. The molecule has 1 atom stereocenters. The van der Waals surface area contributed by atoms with Crippen molar-refractivity contribution in [1.82, 2.24) is 0 Å². The second-order valence-corrected chi connectivity index (χ2v) is 3.06. The first kappa shape index (κ1) is 16.0. The molecular formula is C8H10F6O3. The molecule has 3 nitrogen and oxygen atoms in total. The van der Waals surface area contributed by atoms with Crippen molar-refractivity contribution >= 4 is 5.97 Å². The molecule has 0 aromatic heterocycles. The minimum atomic E-state index is -5.17. The van der Waals surface area contributed by atoms with Crippen LogP contribution in [0.2, 0.25) is 0 Å². The predicted octanol–water partition coefficient (Wildman–Crippen LogP) is 2.45. The van der Waals surface area contributed by atoms with E-state index in [4.69, 9.17) is 0 Å². The summed E-state index contributed by atoms with van der Waals surface area (Å²) in [6.07, 6.45) is -11.2. The molecule has 1 unspecified atom stereocenters. The number of esters is 1. The first-order chi connectivity index (χ1) is 7.56. The molecular weight excluding hydrogens is 258 g/mol. The van der Waals surface area contributed by atoms with Crippen LogP contribution < -0.4 is 0 Å². The summed E-state index contributed by atoms with van der Waals surface area (Å²) in [4.78, 5) is 10.4. The maximum Gasteiger partial charge on any atom is 0.490 e. The third-order valence-corrected chi connectivity index (χ3v) is 1.53. The van der Waals surface area contributed by atoms with Gasteiger partial charge in [0, 0.05) is 0 Å². The lowest BCUT2D eigenvalue weighted by Crippen LogP contribution is -2.33. The molecule has 0 aliphatic heterocycles. The smallest absolute Gasteiger partial charge is 0.453 e. The fourth-order valence-electron chi connectivity index (χ4n) is 0.759. The summed E-state index contributed by atoms with van der Waals surface area (Å²) in [5.41, 5.74) is 0. The summed E-state index contributed by atoms with van der Waals surface area (Å²) in [5.74, 6) is -2.44. The molecule has 0 amide bonds. The number of hydrogen-bond acceptors (Lipinski definition) is 3. The SMILES string of the molecule is CCC(COCC(F)(F)F)OC(=O)C(F)(F)F. The highest BCUT2D eigenvalue weighted by Gasteiger charge is 2.42. The van der Waals surface area contributed by atoms with Gasteiger partial charge in [-0.15, -0.1) is 0 Å². The van der Waals surface area contributed by atoms with E-state index in [9.17, 15) is 31.1 Å². The molecule has 0 aromatic carbocycles. The van der Waals surface area contributed by atoms with Crippen LogP contribution in [0.15, 0.2) is 0 Å². The molecule has 9 heteroatoms. The largest absolute Gasteiger partial charge is 0.490 e. The standard InChI is InChI=1S/C8H10F6O3/c1-2-5(3-16-4-7(9,10)11)17-6(15)8(12,13)14/h5H,2-4H2,1H3. The van der Waals surface area contributed by atoms with E-state index in [1.807, 2.05) is 0 Å². The number of carbonyl (C=O) groups is 1. The van der Waals surface area contributed by atoms with Crippen LogP contribution in [0.1, 0.15) is 13.3 Å². The number of halogens is 6. The molecule has 0 aromatic rings. The van der Waals surface area contributed by atoms with E-state index in [0.29, 0.717) is 0 Å². The van der Waals surface area contributed by atoms with E-state index in [-0.39, 0.29) is 6.42 Å². The molecule has 17 heavy (non-hydrogen) atoms. The molecule has 0 rings (SSSR count). The summed E-state index contributed by atoms with van der Waals surface area (Å²) < 4.78 is 78.3. The number of alkyl halides is 6. The van der Waals surface area contributed by atoms with Gasteiger partial charge in [-0.1, -0.05) is 6.92 Å². The zero-order chi connectivity index (χ0) is 13.7. The van der Waals surface area contributed by atoms with Gasteiger partial charge in [-0.2, -0.15) is 26.3 Å². The van der Waals surface area contributed by atoms with E-state index in [2.05, 4.69) is 9.47 Å². The van der Waals surface area contributed by atoms with Gasteiger partial charge in [0.05, 0.1) is 6.61 Å². The normalized spacial score (nSPS) is 14.5. The van der Waals surface area contributed by atoms with Crippen molar-refractivity contribution in [2.24, 2.45) is 0 Å². The predicted molar refractivity (Wildman–Crippen MR) is 43.1 cm³/mol. The quantitative estimate of drug-likeness (QED) is 0.567. The van der Waals surface area contributed by atoms with Gasteiger partial charge < -0.3 is 9.47 Å². The Labute approximate surface area is 92.7 Å². The van der Waals surface area contributed by atoms with Crippen LogP contribution in [0.5, 0.6) is 0 Å². The van der Waals surface area contributed by atoms with Crippen molar-refractivity contribution in [2.45, 2.75) is 31.8 Å². The van der Waals surface area contributed by atoms with Crippen LogP contribution in [0.3, 0.4) is 0 Å². The van der Waals surface area contributed by atoms with E-state index < -0.39 is 37.6 Å². The Morgan fingerprint density at radius 2 is 1.71 bits per heavy atom. The van der Waals surface area contributed by atoms with Crippen LogP contribution in [0.4, 0.5) is 26.3 Å². The first-order valence-corrected chi connectivity index (χ1v) is 4.48. The van der Waals surface area contributed by atoms with Crippen LogP contribution >= 0.6 is 0 Å². The van der Waals surface area contributed by atoms with Crippen molar-refractivity contribution in [2.75, 3.05) is 13.2 Å². The Hall–Kier alpha value is -0.990. The summed E-state index contributed by atoms with van der Waals surface area (Å²) in [6.45, 7) is -0.990. The van der Waals surface area contributed by atoms with Crippen molar-refractivity contribution in [1.29, 1.82) is 0 Å². The van der Waals surface area contributed by atoms with Crippen molar-refractivity contribution in [3.05, 3.63) is 0 Å². The average molecular weight is 268 g/mol. The summed E-state index contributed by atoms with van der Waals surface area (Å²) in [6, 6.07) is 0. The zero-order valence-corrected chi connectivity index (χ0v) is 8.69. The lowest BCUT2D eigenvalue weighted by molar-refractivity contribution is -0.211. The van der Waals surface area contributed by atoms with Gasteiger partial charge in [-0.25, -0.2) is 4.79 Å². The second-order valence-electron chi connectivity index (χ2n) is 3.06. The third-order valence-electron chi connectivity index (χ3n) is 1.53. The number of hydrogen-bond donors (Lipinski definition) is 0. The minimum absolute atomic E-state index is 0.0837. The maximum atomic E-state index is 11.8. The number of carbonyl (C=O) groups excluding carboxylic acids is 1. The lowest BCUT2D eigenvalue weighted by Gasteiger charge is -2.17. The summed E-state index contributed by atoms with van der Waals surface area (Å²) >= 11 is 0.